The van der Waals surface area contributed by atoms with Crippen LogP contribution in [0.2, 0.25) is 0 Å². The molecule has 7 nitrogen and oxygen atoms in total. The van der Waals surface area contributed by atoms with Crippen molar-refractivity contribution in [3.63, 3.8) is 0 Å². The number of benzene rings is 1. The van der Waals surface area contributed by atoms with E-state index in [1.165, 1.54) is 12.3 Å². The molecular weight excluding hydrogens is 487 g/mol. The van der Waals surface area contributed by atoms with Crippen LogP contribution in [0.4, 0.5) is 13.2 Å². The zero-order valence-corrected chi connectivity index (χ0v) is 21.9. The van der Waals surface area contributed by atoms with E-state index in [2.05, 4.69) is 20.4 Å². The first-order chi connectivity index (χ1) is 17.2. The number of hydrogen-bond donors (Lipinski definition) is 2. The van der Waals surface area contributed by atoms with Crippen molar-refractivity contribution in [2.45, 2.75) is 64.8 Å². The minimum atomic E-state index is -4.58. The predicted octanol–water partition coefficient (Wildman–Crippen LogP) is 4.73. The van der Waals surface area contributed by atoms with Crippen LogP contribution in [0.1, 0.15) is 58.1 Å². The van der Waals surface area contributed by atoms with E-state index in [1.807, 2.05) is 51.1 Å². The van der Waals surface area contributed by atoms with Gasteiger partial charge in [-0.25, -0.2) is 4.98 Å². The Morgan fingerprint density at radius 1 is 1.11 bits per heavy atom. The molecule has 0 aliphatic carbocycles. The van der Waals surface area contributed by atoms with Crippen LogP contribution in [-0.4, -0.2) is 48.7 Å². The number of amides is 1. The van der Waals surface area contributed by atoms with Crippen molar-refractivity contribution >= 4 is 12.4 Å². The molecule has 2 heterocycles. The SMILES string of the molecule is CC(C)(C)OC=O.CC(C)(COc1ncccc1C(F)(F)F)C(=O)NC1CCNCC1c1ccccc1. The van der Waals surface area contributed by atoms with Crippen molar-refractivity contribution in [2.24, 2.45) is 5.41 Å². The second kappa shape index (κ2) is 12.9. The Morgan fingerprint density at radius 2 is 1.78 bits per heavy atom. The van der Waals surface area contributed by atoms with Crippen LogP contribution in [0.25, 0.3) is 0 Å². The third kappa shape index (κ3) is 9.68. The highest BCUT2D eigenvalue weighted by molar-refractivity contribution is 5.82. The maximum Gasteiger partial charge on any atom is 0.421 e. The molecule has 204 valence electrons. The molecule has 1 saturated heterocycles. The van der Waals surface area contributed by atoms with Gasteiger partial charge in [0.1, 0.15) is 17.8 Å². The van der Waals surface area contributed by atoms with Crippen molar-refractivity contribution in [3.05, 3.63) is 59.8 Å². The van der Waals surface area contributed by atoms with Gasteiger partial charge in [-0.1, -0.05) is 30.3 Å². The second-order valence-corrected chi connectivity index (χ2v) is 10.4. The van der Waals surface area contributed by atoms with Crippen molar-refractivity contribution in [2.75, 3.05) is 19.7 Å². The standard InChI is InChI=1S/C22H26F3N3O2.C5H10O2/c1-21(2,14-30-19-17(22(23,24)25)9-6-11-27-19)20(29)28-18-10-12-26-13-16(18)15-7-4-3-5-8-15;1-5(2,3)7-4-6/h3-9,11,16,18,26H,10,12-14H2,1-2H3,(H,28,29);4H,1-3H3. The molecule has 1 aliphatic rings. The fourth-order valence-electron chi connectivity index (χ4n) is 3.63. The summed E-state index contributed by atoms with van der Waals surface area (Å²) in [5, 5.41) is 6.44. The molecule has 2 aromatic rings. The third-order valence-electron chi connectivity index (χ3n) is 5.69. The van der Waals surface area contributed by atoms with E-state index in [4.69, 9.17) is 4.74 Å². The zero-order valence-electron chi connectivity index (χ0n) is 21.9. The van der Waals surface area contributed by atoms with Gasteiger partial charge in [0.2, 0.25) is 11.8 Å². The Hall–Kier alpha value is -3.14. The van der Waals surface area contributed by atoms with Gasteiger partial charge in [-0.3, -0.25) is 9.59 Å². The summed E-state index contributed by atoms with van der Waals surface area (Å²) in [6.07, 6.45) is -2.58. The Bertz CT molecular complexity index is 1010. The van der Waals surface area contributed by atoms with E-state index < -0.39 is 23.0 Å². The largest absolute Gasteiger partial charge is 0.476 e. The first-order valence-electron chi connectivity index (χ1n) is 12.1. The molecule has 0 bridgehead atoms. The third-order valence-corrected chi connectivity index (χ3v) is 5.69. The van der Waals surface area contributed by atoms with Crippen LogP contribution in [0.15, 0.2) is 48.7 Å². The molecule has 0 radical (unpaired) electrons. The number of aromatic nitrogens is 1. The number of rotatable bonds is 7. The van der Waals surface area contributed by atoms with E-state index in [9.17, 15) is 22.8 Å². The number of ether oxygens (including phenoxy) is 2. The van der Waals surface area contributed by atoms with Gasteiger partial charge in [-0.2, -0.15) is 13.2 Å². The topological polar surface area (TPSA) is 89.6 Å². The lowest BCUT2D eigenvalue weighted by molar-refractivity contribution is -0.140. The number of piperidine rings is 1. The summed E-state index contributed by atoms with van der Waals surface area (Å²) < 4.78 is 49.3. The molecule has 1 fully saturated rings. The molecule has 2 unspecified atom stereocenters. The van der Waals surface area contributed by atoms with Crippen molar-refractivity contribution < 1.29 is 32.2 Å². The average molecular weight is 524 g/mol. The van der Waals surface area contributed by atoms with E-state index in [0.29, 0.717) is 6.47 Å². The van der Waals surface area contributed by atoms with Crippen molar-refractivity contribution in [1.29, 1.82) is 0 Å². The quantitative estimate of drug-likeness (QED) is 0.511. The molecule has 1 amide bonds. The summed E-state index contributed by atoms with van der Waals surface area (Å²) in [7, 11) is 0. The summed E-state index contributed by atoms with van der Waals surface area (Å²) in [5.74, 6) is -0.664. The molecule has 3 rings (SSSR count). The lowest BCUT2D eigenvalue weighted by Gasteiger charge is -2.35. The smallest absolute Gasteiger partial charge is 0.421 e. The van der Waals surface area contributed by atoms with Gasteiger partial charge >= 0.3 is 6.18 Å². The first-order valence-corrected chi connectivity index (χ1v) is 12.1. The average Bonchev–Trinajstić information content (AvgIpc) is 2.83. The summed E-state index contributed by atoms with van der Waals surface area (Å²) in [6, 6.07) is 12.0. The van der Waals surface area contributed by atoms with Crippen molar-refractivity contribution in [3.8, 4) is 5.88 Å². The van der Waals surface area contributed by atoms with Gasteiger partial charge in [0.25, 0.3) is 6.47 Å². The number of carbonyl (C=O) groups excluding carboxylic acids is 2. The molecule has 37 heavy (non-hydrogen) atoms. The minimum absolute atomic E-state index is 0.0685. The molecule has 0 spiro atoms. The van der Waals surface area contributed by atoms with Crippen LogP contribution in [0.5, 0.6) is 5.88 Å². The van der Waals surface area contributed by atoms with Gasteiger partial charge < -0.3 is 20.1 Å². The van der Waals surface area contributed by atoms with Crippen LogP contribution >= 0.6 is 0 Å². The van der Waals surface area contributed by atoms with Crippen LogP contribution in [0.3, 0.4) is 0 Å². The lowest BCUT2D eigenvalue weighted by Crippen LogP contribution is -2.52. The molecule has 10 heteroatoms. The van der Waals surface area contributed by atoms with Crippen LogP contribution < -0.4 is 15.4 Å². The molecule has 2 atom stereocenters. The molecular formula is C27H36F3N3O4. The predicted molar refractivity (Wildman–Crippen MR) is 134 cm³/mol. The molecule has 2 N–H and O–H groups in total. The van der Waals surface area contributed by atoms with E-state index >= 15 is 0 Å². The molecule has 1 aromatic carbocycles. The van der Waals surface area contributed by atoms with Crippen LogP contribution in [0, 0.1) is 5.41 Å². The molecule has 0 saturated carbocycles. The van der Waals surface area contributed by atoms with Crippen molar-refractivity contribution in [1.82, 2.24) is 15.6 Å². The number of nitrogens with one attached hydrogen (secondary N) is 2. The highest BCUT2D eigenvalue weighted by atomic mass is 19.4. The minimum Gasteiger partial charge on any atom is -0.476 e. The van der Waals surface area contributed by atoms with E-state index in [0.717, 1.165) is 31.1 Å². The number of hydrogen-bond acceptors (Lipinski definition) is 6. The van der Waals surface area contributed by atoms with Crippen LogP contribution in [-0.2, 0) is 20.5 Å². The highest BCUT2D eigenvalue weighted by Gasteiger charge is 2.37. The maximum absolute atomic E-state index is 13.1. The molecule has 1 aromatic heterocycles. The fraction of sp³-hybridized carbons (Fsp3) is 0.519. The normalized spacial score (nSPS) is 18.2. The van der Waals surface area contributed by atoms with E-state index in [-0.39, 0.29) is 30.1 Å². The summed E-state index contributed by atoms with van der Waals surface area (Å²) in [6.45, 7) is 10.5. The zero-order chi connectivity index (χ0) is 27.7. The Labute approximate surface area is 216 Å². The van der Waals surface area contributed by atoms with Gasteiger partial charge in [0.05, 0.1) is 5.41 Å². The Morgan fingerprint density at radius 3 is 2.35 bits per heavy atom. The maximum atomic E-state index is 13.1. The highest BCUT2D eigenvalue weighted by Crippen LogP contribution is 2.35. The first kappa shape index (κ1) is 30.1. The fourth-order valence-corrected chi connectivity index (χ4v) is 3.63. The molecule has 1 aliphatic heterocycles. The lowest BCUT2D eigenvalue weighted by atomic mass is 9.85. The summed E-state index contributed by atoms with van der Waals surface area (Å²) in [5.41, 5.74) is -1.18. The number of halogens is 3. The monoisotopic (exact) mass is 523 g/mol. The Kier molecular flexibility index (Phi) is 10.5. The number of nitrogens with zero attached hydrogens (tertiary/aromatic N) is 1. The van der Waals surface area contributed by atoms with Gasteiger partial charge in [-0.05, 0) is 65.3 Å². The van der Waals surface area contributed by atoms with Gasteiger partial charge in [0, 0.05) is 24.7 Å². The summed E-state index contributed by atoms with van der Waals surface area (Å²) >= 11 is 0. The van der Waals surface area contributed by atoms with E-state index in [1.54, 1.807) is 13.8 Å². The number of pyridine rings is 1. The summed E-state index contributed by atoms with van der Waals surface area (Å²) in [4.78, 5) is 26.2. The van der Waals surface area contributed by atoms with Gasteiger partial charge in [0.15, 0.2) is 0 Å². The second-order valence-electron chi connectivity index (χ2n) is 10.4. The number of alkyl halides is 3. The van der Waals surface area contributed by atoms with Gasteiger partial charge in [-0.15, -0.1) is 0 Å². The number of carbonyl (C=O) groups is 2. The Balaban J connectivity index is 0.000000604.